The third kappa shape index (κ3) is 5.80. The van der Waals surface area contributed by atoms with Gasteiger partial charge in [0.2, 0.25) is 5.91 Å². The average Bonchev–Trinajstić information content (AvgIpc) is 1.84. The second-order valence-electron chi connectivity index (χ2n) is 3.66. The maximum Gasteiger partial charge on any atom is 0.223 e. The number of halogens is 1. The van der Waals surface area contributed by atoms with E-state index in [-0.39, 0.29) is 15.9 Å². The maximum absolute atomic E-state index is 11.4. The van der Waals surface area contributed by atoms with E-state index in [0.717, 1.165) is 6.42 Å². The van der Waals surface area contributed by atoms with Crippen molar-refractivity contribution in [2.75, 3.05) is 0 Å². The maximum atomic E-state index is 11.4. The molecule has 0 aromatic heterocycles. The van der Waals surface area contributed by atoms with Crippen molar-refractivity contribution in [3.05, 3.63) is 0 Å². The smallest absolute Gasteiger partial charge is 0.223 e. The first-order chi connectivity index (χ1) is 5.43. The van der Waals surface area contributed by atoms with Gasteiger partial charge in [-0.05, 0) is 19.3 Å². The molecule has 0 aromatic carbocycles. The van der Waals surface area contributed by atoms with Gasteiger partial charge in [-0.15, -0.1) is 0 Å². The third-order valence-corrected chi connectivity index (χ3v) is 1.93. The van der Waals surface area contributed by atoms with E-state index in [9.17, 15) is 4.79 Å². The van der Waals surface area contributed by atoms with Gasteiger partial charge in [-0.1, -0.05) is 43.4 Å². The molecular weight excluding hydrogens is 265 g/mol. The van der Waals surface area contributed by atoms with Gasteiger partial charge in [0.05, 0.1) is 4.05 Å². The van der Waals surface area contributed by atoms with Crippen molar-refractivity contribution in [2.45, 2.75) is 38.2 Å². The van der Waals surface area contributed by atoms with Crippen LogP contribution in [-0.2, 0) is 4.79 Å². The van der Waals surface area contributed by atoms with Crippen LogP contribution in [0.3, 0.4) is 0 Å². The molecule has 0 aromatic rings. The van der Waals surface area contributed by atoms with Crippen molar-refractivity contribution in [2.24, 2.45) is 11.8 Å². The van der Waals surface area contributed by atoms with Crippen molar-refractivity contribution in [3.8, 4) is 0 Å². The van der Waals surface area contributed by atoms with Crippen LogP contribution in [0.5, 0.6) is 0 Å². The lowest BCUT2D eigenvalue weighted by Gasteiger charge is -2.15. The Hall–Kier alpha value is 0.200. The zero-order valence-corrected chi connectivity index (χ0v) is 10.4. The summed E-state index contributed by atoms with van der Waals surface area (Å²) in [5.74, 6) is 0.906. The highest BCUT2D eigenvalue weighted by Crippen LogP contribution is 2.11. The SMILES string of the molecule is CC(C)CC(C)C(=O)NC(C)I. The first-order valence-corrected chi connectivity index (χ1v) is 5.62. The lowest BCUT2D eigenvalue weighted by atomic mass is 9.98. The number of nitrogens with one attached hydrogen (secondary N) is 1. The lowest BCUT2D eigenvalue weighted by molar-refractivity contribution is -0.124. The molecule has 12 heavy (non-hydrogen) atoms. The van der Waals surface area contributed by atoms with Crippen molar-refractivity contribution in [1.29, 1.82) is 0 Å². The minimum atomic E-state index is 0.141. The van der Waals surface area contributed by atoms with Gasteiger partial charge >= 0.3 is 0 Å². The number of rotatable bonds is 4. The molecular formula is C9H18INO. The summed E-state index contributed by atoms with van der Waals surface area (Å²) >= 11 is 2.19. The first-order valence-electron chi connectivity index (χ1n) is 4.38. The van der Waals surface area contributed by atoms with Crippen LogP contribution >= 0.6 is 22.6 Å². The quantitative estimate of drug-likeness (QED) is 0.479. The van der Waals surface area contributed by atoms with Crippen LogP contribution in [-0.4, -0.2) is 9.96 Å². The van der Waals surface area contributed by atoms with Crippen LogP contribution in [0.1, 0.15) is 34.1 Å². The Morgan fingerprint density at radius 2 is 1.83 bits per heavy atom. The second kappa shape index (κ2) is 5.78. The second-order valence-corrected chi connectivity index (χ2v) is 5.52. The Kier molecular flexibility index (Phi) is 5.88. The fourth-order valence-electron chi connectivity index (χ4n) is 1.15. The van der Waals surface area contributed by atoms with Crippen molar-refractivity contribution in [1.82, 2.24) is 5.32 Å². The van der Waals surface area contributed by atoms with E-state index in [0.29, 0.717) is 5.92 Å². The molecule has 2 unspecified atom stereocenters. The van der Waals surface area contributed by atoms with Crippen LogP contribution in [0, 0.1) is 11.8 Å². The van der Waals surface area contributed by atoms with Gasteiger partial charge in [-0.3, -0.25) is 4.79 Å². The molecule has 0 saturated heterocycles. The Morgan fingerprint density at radius 1 is 1.33 bits per heavy atom. The van der Waals surface area contributed by atoms with Crippen LogP contribution < -0.4 is 5.32 Å². The number of amides is 1. The Morgan fingerprint density at radius 3 is 2.17 bits per heavy atom. The molecule has 0 heterocycles. The molecule has 0 aliphatic carbocycles. The highest BCUT2D eigenvalue weighted by Gasteiger charge is 2.14. The molecule has 0 spiro atoms. The highest BCUT2D eigenvalue weighted by molar-refractivity contribution is 14.1. The monoisotopic (exact) mass is 283 g/mol. The zero-order chi connectivity index (χ0) is 9.72. The van der Waals surface area contributed by atoms with Crippen LogP contribution in [0.15, 0.2) is 0 Å². The minimum absolute atomic E-state index is 0.141. The van der Waals surface area contributed by atoms with Crippen LogP contribution in [0.4, 0.5) is 0 Å². The number of carbonyl (C=O) groups is 1. The molecule has 0 saturated carbocycles. The molecule has 1 N–H and O–H groups in total. The average molecular weight is 283 g/mol. The van der Waals surface area contributed by atoms with E-state index < -0.39 is 0 Å². The summed E-state index contributed by atoms with van der Waals surface area (Å²) in [4.78, 5) is 11.4. The van der Waals surface area contributed by atoms with Crippen molar-refractivity contribution in [3.63, 3.8) is 0 Å². The summed E-state index contributed by atoms with van der Waals surface area (Å²) in [6.07, 6.45) is 0.967. The standard InChI is InChI=1S/C9H18INO/c1-6(2)5-7(3)9(12)11-8(4)10/h6-8H,5H2,1-4H3,(H,11,12). The molecule has 0 radical (unpaired) electrons. The van der Waals surface area contributed by atoms with Crippen molar-refractivity contribution >= 4 is 28.5 Å². The van der Waals surface area contributed by atoms with E-state index in [1.807, 2.05) is 13.8 Å². The van der Waals surface area contributed by atoms with Gasteiger partial charge in [-0.2, -0.15) is 0 Å². The van der Waals surface area contributed by atoms with E-state index in [1.54, 1.807) is 0 Å². The minimum Gasteiger partial charge on any atom is -0.344 e. The fourth-order valence-corrected chi connectivity index (χ4v) is 1.46. The fraction of sp³-hybridized carbons (Fsp3) is 0.889. The molecule has 2 nitrogen and oxygen atoms in total. The van der Waals surface area contributed by atoms with Crippen molar-refractivity contribution < 1.29 is 4.79 Å². The predicted molar refractivity (Wildman–Crippen MR) is 60.2 cm³/mol. The Labute approximate surface area is 88.6 Å². The van der Waals surface area contributed by atoms with Gasteiger partial charge in [0.15, 0.2) is 0 Å². The Bertz CT molecular complexity index is 145. The molecule has 3 heteroatoms. The summed E-state index contributed by atoms with van der Waals surface area (Å²) in [6.45, 7) is 8.23. The van der Waals surface area contributed by atoms with Gasteiger partial charge in [0, 0.05) is 5.92 Å². The topological polar surface area (TPSA) is 29.1 Å². The largest absolute Gasteiger partial charge is 0.344 e. The number of hydrogen-bond acceptors (Lipinski definition) is 1. The summed E-state index contributed by atoms with van der Waals surface area (Å²) in [6, 6.07) is 0. The van der Waals surface area contributed by atoms with Gasteiger partial charge in [-0.25, -0.2) is 0 Å². The van der Waals surface area contributed by atoms with Gasteiger partial charge in [0.25, 0.3) is 0 Å². The third-order valence-electron chi connectivity index (χ3n) is 1.61. The van der Waals surface area contributed by atoms with Crippen LogP contribution in [0.25, 0.3) is 0 Å². The molecule has 1 amide bonds. The summed E-state index contributed by atoms with van der Waals surface area (Å²) in [5.41, 5.74) is 0. The lowest BCUT2D eigenvalue weighted by Crippen LogP contribution is -2.33. The molecule has 0 rings (SSSR count). The van der Waals surface area contributed by atoms with E-state index in [2.05, 4.69) is 41.8 Å². The Balaban J connectivity index is 3.77. The molecule has 0 aliphatic rings. The zero-order valence-electron chi connectivity index (χ0n) is 8.23. The highest BCUT2D eigenvalue weighted by atomic mass is 127. The number of alkyl halides is 1. The summed E-state index contributed by atoms with van der Waals surface area (Å²) in [5, 5.41) is 2.90. The number of hydrogen-bond donors (Lipinski definition) is 1. The molecule has 0 aliphatic heterocycles. The molecule has 2 atom stereocenters. The molecule has 72 valence electrons. The van der Waals surface area contributed by atoms with Gasteiger partial charge < -0.3 is 5.32 Å². The number of carbonyl (C=O) groups excluding carboxylic acids is 1. The molecule has 0 bridgehead atoms. The predicted octanol–water partition coefficient (Wildman–Crippen LogP) is 2.57. The summed E-state index contributed by atoms with van der Waals surface area (Å²) < 4.78 is 0.227. The first kappa shape index (κ1) is 12.2. The van der Waals surface area contributed by atoms with E-state index >= 15 is 0 Å². The van der Waals surface area contributed by atoms with Gasteiger partial charge in [0.1, 0.15) is 0 Å². The van der Waals surface area contributed by atoms with Crippen LogP contribution in [0.2, 0.25) is 0 Å². The van der Waals surface area contributed by atoms with E-state index in [4.69, 9.17) is 0 Å². The molecule has 0 fully saturated rings. The normalized spacial score (nSPS) is 15.8. The summed E-state index contributed by atoms with van der Waals surface area (Å²) in [7, 11) is 0. The van der Waals surface area contributed by atoms with E-state index in [1.165, 1.54) is 0 Å².